The van der Waals surface area contributed by atoms with Crippen LogP contribution in [-0.4, -0.2) is 37.9 Å². The van der Waals surface area contributed by atoms with Gasteiger partial charge in [-0.2, -0.15) is 10.1 Å². The van der Waals surface area contributed by atoms with Crippen molar-refractivity contribution in [2.24, 2.45) is 5.10 Å². The summed E-state index contributed by atoms with van der Waals surface area (Å²) in [5.41, 5.74) is -0.574. The number of carbonyl (C=O) groups is 1. The van der Waals surface area contributed by atoms with E-state index in [1.807, 2.05) is 0 Å². The first kappa shape index (κ1) is 11.2. The van der Waals surface area contributed by atoms with Gasteiger partial charge in [0.05, 0.1) is 11.8 Å². The predicted octanol–water partition coefficient (Wildman–Crippen LogP) is 1.52. The molecule has 0 saturated carbocycles. The van der Waals surface area contributed by atoms with Crippen molar-refractivity contribution in [3.8, 4) is 0 Å². The van der Waals surface area contributed by atoms with Crippen molar-refractivity contribution in [1.82, 2.24) is 15.0 Å². The van der Waals surface area contributed by atoms with E-state index in [0.29, 0.717) is 5.82 Å². The number of imidazole rings is 1. The van der Waals surface area contributed by atoms with Crippen LogP contribution in [0, 0.1) is 0 Å². The third-order valence-electron chi connectivity index (χ3n) is 1.63. The fraction of sp³-hybridized carbons (Fsp3) is 0.444. The molecule has 0 aliphatic heterocycles. The highest BCUT2D eigenvalue weighted by atomic mass is 16.4. The van der Waals surface area contributed by atoms with Gasteiger partial charge in [0.15, 0.2) is 0 Å². The maximum atomic E-state index is 10.9. The van der Waals surface area contributed by atoms with Crippen LogP contribution in [0.5, 0.6) is 0 Å². The molecule has 0 fully saturated rings. The van der Waals surface area contributed by atoms with Crippen LogP contribution in [0.25, 0.3) is 0 Å². The summed E-state index contributed by atoms with van der Waals surface area (Å²) in [4.78, 5) is 17.6. The Kier molecular flexibility index (Phi) is 3.08. The maximum absolute atomic E-state index is 10.9. The molecule has 1 aromatic heterocycles. The fourth-order valence-corrected chi connectivity index (χ4v) is 0.970. The molecule has 1 heterocycles. The Labute approximate surface area is 87.6 Å². The number of aromatic amines is 1. The molecule has 6 nitrogen and oxygen atoms in total. The van der Waals surface area contributed by atoms with Crippen molar-refractivity contribution >= 4 is 12.3 Å². The van der Waals surface area contributed by atoms with Gasteiger partial charge in [0.2, 0.25) is 0 Å². The predicted molar refractivity (Wildman–Crippen MR) is 55.8 cm³/mol. The molecule has 0 unspecified atom stereocenters. The lowest BCUT2D eigenvalue weighted by Gasteiger charge is -2.27. The lowest BCUT2D eigenvalue weighted by Crippen LogP contribution is -2.41. The minimum absolute atomic E-state index is 0.519. The molecule has 6 heteroatoms. The molecule has 1 rings (SSSR count). The van der Waals surface area contributed by atoms with Gasteiger partial charge in [-0.15, -0.1) is 0 Å². The molecular weight excluding hydrogens is 196 g/mol. The SMILES string of the molecule is CC(C)(C)N(/N=C/c1ncc[nH]1)C(=O)O. The van der Waals surface area contributed by atoms with Gasteiger partial charge in [0.25, 0.3) is 0 Å². The minimum atomic E-state index is -1.09. The van der Waals surface area contributed by atoms with E-state index in [2.05, 4.69) is 15.1 Å². The van der Waals surface area contributed by atoms with E-state index in [4.69, 9.17) is 5.11 Å². The number of rotatable bonds is 2. The second-order valence-electron chi connectivity index (χ2n) is 3.98. The Morgan fingerprint density at radius 2 is 2.33 bits per heavy atom. The average Bonchev–Trinajstić information content (AvgIpc) is 2.53. The van der Waals surface area contributed by atoms with Gasteiger partial charge in [-0.05, 0) is 20.8 Å². The highest BCUT2D eigenvalue weighted by Gasteiger charge is 2.25. The van der Waals surface area contributed by atoms with E-state index in [1.165, 1.54) is 6.21 Å². The zero-order valence-electron chi connectivity index (χ0n) is 8.93. The van der Waals surface area contributed by atoms with Crippen molar-refractivity contribution in [3.05, 3.63) is 18.2 Å². The third-order valence-corrected chi connectivity index (χ3v) is 1.63. The molecule has 2 N–H and O–H groups in total. The first-order valence-electron chi connectivity index (χ1n) is 4.48. The van der Waals surface area contributed by atoms with E-state index < -0.39 is 11.6 Å². The summed E-state index contributed by atoms with van der Waals surface area (Å²) in [6.07, 6.45) is 3.50. The number of aromatic nitrogens is 2. The summed E-state index contributed by atoms with van der Waals surface area (Å²) in [5, 5.41) is 13.8. The Morgan fingerprint density at radius 3 is 2.73 bits per heavy atom. The molecule has 0 aliphatic carbocycles. The fourth-order valence-electron chi connectivity index (χ4n) is 0.970. The first-order chi connectivity index (χ1) is 6.91. The van der Waals surface area contributed by atoms with E-state index >= 15 is 0 Å². The zero-order valence-corrected chi connectivity index (χ0v) is 8.93. The second-order valence-corrected chi connectivity index (χ2v) is 3.98. The van der Waals surface area contributed by atoms with Crippen molar-refractivity contribution in [2.45, 2.75) is 26.3 Å². The van der Waals surface area contributed by atoms with Crippen molar-refractivity contribution in [2.75, 3.05) is 0 Å². The number of nitrogens with zero attached hydrogens (tertiary/aromatic N) is 3. The molecule has 1 aromatic rings. The Hall–Kier alpha value is -1.85. The van der Waals surface area contributed by atoms with Crippen molar-refractivity contribution < 1.29 is 9.90 Å². The Balaban J connectivity index is 2.81. The first-order valence-corrected chi connectivity index (χ1v) is 4.48. The van der Waals surface area contributed by atoms with Gasteiger partial charge in [0.1, 0.15) is 5.82 Å². The van der Waals surface area contributed by atoms with Gasteiger partial charge in [-0.3, -0.25) is 0 Å². The molecule has 15 heavy (non-hydrogen) atoms. The largest absolute Gasteiger partial charge is 0.464 e. The summed E-state index contributed by atoms with van der Waals surface area (Å²) in [6.45, 7) is 5.29. The molecule has 0 atom stereocenters. The van der Waals surface area contributed by atoms with Crippen LogP contribution < -0.4 is 0 Å². The maximum Gasteiger partial charge on any atom is 0.428 e. The number of hydrogen-bond donors (Lipinski definition) is 2. The van der Waals surface area contributed by atoms with E-state index in [0.717, 1.165) is 5.01 Å². The van der Waals surface area contributed by atoms with Crippen molar-refractivity contribution in [1.29, 1.82) is 0 Å². The normalized spacial score (nSPS) is 11.9. The number of hydrogen-bond acceptors (Lipinski definition) is 3. The van der Waals surface area contributed by atoms with Gasteiger partial charge in [-0.25, -0.2) is 9.78 Å². The molecule has 0 aliphatic rings. The topological polar surface area (TPSA) is 81.6 Å². The van der Waals surface area contributed by atoms with Crippen LogP contribution in [-0.2, 0) is 0 Å². The van der Waals surface area contributed by atoms with Crippen LogP contribution in [0.1, 0.15) is 26.6 Å². The summed E-state index contributed by atoms with van der Waals surface area (Å²) in [7, 11) is 0. The number of amides is 1. The van der Waals surface area contributed by atoms with Crippen LogP contribution in [0.4, 0.5) is 4.79 Å². The number of H-pyrrole nitrogens is 1. The highest BCUT2D eigenvalue weighted by Crippen LogP contribution is 2.13. The lowest BCUT2D eigenvalue weighted by molar-refractivity contribution is 0.103. The molecule has 0 bridgehead atoms. The number of carboxylic acid groups (broad SMARTS) is 1. The van der Waals surface area contributed by atoms with Gasteiger partial charge in [0, 0.05) is 12.4 Å². The molecular formula is C9H14N4O2. The zero-order chi connectivity index (χ0) is 11.5. The number of hydrazone groups is 1. The standard InChI is InChI=1S/C9H14N4O2/c1-9(2,3)13(8(14)15)12-6-7-10-4-5-11-7/h4-6H,1-3H3,(H,10,11)(H,14,15)/b12-6+. The van der Waals surface area contributed by atoms with Crippen LogP contribution in [0.3, 0.4) is 0 Å². The van der Waals surface area contributed by atoms with Crippen LogP contribution >= 0.6 is 0 Å². The highest BCUT2D eigenvalue weighted by molar-refractivity contribution is 5.76. The Bertz CT molecular complexity index is 351. The summed E-state index contributed by atoms with van der Waals surface area (Å²) in [5.74, 6) is 0.519. The van der Waals surface area contributed by atoms with Gasteiger partial charge < -0.3 is 10.1 Å². The number of nitrogens with one attached hydrogen (secondary N) is 1. The quantitative estimate of drug-likeness (QED) is 0.573. The molecule has 1 amide bonds. The Morgan fingerprint density at radius 1 is 1.67 bits per heavy atom. The third kappa shape index (κ3) is 3.08. The van der Waals surface area contributed by atoms with Gasteiger partial charge >= 0.3 is 6.09 Å². The summed E-state index contributed by atoms with van der Waals surface area (Å²) < 4.78 is 0. The van der Waals surface area contributed by atoms with E-state index in [1.54, 1.807) is 33.2 Å². The molecule has 82 valence electrons. The molecule has 0 aromatic carbocycles. The summed E-state index contributed by atoms with van der Waals surface area (Å²) >= 11 is 0. The van der Waals surface area contributed by atoms with Crippen molar-refractivity contribution in [3.63, 3.8) is 0 Å². The molecule has 0 spiro atoms. The van der Waals surface area contributed by atoms with Gasteiger partial charge in [-0.1, -0.05) is 0 Å². The van der Waals surface area contributed by atoms with Crippen LogP contribution in [0.15, 0.2) is 17.5 Å². The smallest absolute Gasteiger partial charge is 0.428 e. The second kappa shape index (κ2) is 4.12. The summed E-state index contributed by atoms with van der Waals surface area (Å²) in [6, 6.07) is 0. The lowest BCUT2D eigenvalue weighted by atomic mass is 10.1. The van der Waals surface area contributed by atoms with E-state index in [-0.39, 0.29) is 0 Å². The molecule has 0 radical (unpaired) electrons. The van der Waals surface area contributed by atoms with E-state index in [9.17, 15) is 4.79 Å². The average molecular weight is 210 g/mol. The van der Waals surface area contributed by atoms with Crippen LogP contribution in [0.2, 0.25) is 0 Å². The monoisotopic (exact) mass is 210 g/mol. The minimum Gasteiger partial charge on any atom is -0.464 e. The molecule has 0 saturated heterocycles.